The Morgan fingerprint density at radius 3 is 2.79 bits per heavy atom. The molecule has 0 radical (unpaired) electrons. The number of hydrogen-bond acceptors (Lipinski definition) is 7. The highest BCUT2D eigenvalue weighted by molar-refractivity contribution is 6.33. The van der Waals surface area contributed by atoms with E-state index in [0.29, 0.717) is 40.8 Å². The number of benzene rings is 1. The molecule has 6 rings (SSSR count). The highest BCUT2D eigenvalue weighted by atomic mass is 35.5. The number of anilines is 1. The second-order valence-corrected chi connectivity index (χ2v) is 10.8. The monoisotopic (exact) mass is 543 g/mol. The summed E-state index contributed by atoms with van der Waals surface area (Å²) in [5.74, 6) is 0.327. The minimum absolute atomic E-state index is 0.0608. The Labute approximate surface area is 231 Å². The molecule has 2 fully saturated rings. The molecule has 0 spiro atoms. The van der Waals surface area contributed by atoms with E-state index in [1.807, 2.05) is 30.2 Å². The van der Waals surface area contributed by atoms with Gasteiger partial charge in [0.05, 0.1) is 52.4 Å². The quantitative estimate of drug-likeness (QED) is 0.178. The van der Waals surface area contributed by atoms with E-state index >= 15 is 0 Å². The third-order valence-corrected chi connectivity index (χ3v) is 8.17. The molecule has 1 aromatic carbocycles. The van der Waals surface area contributed by atoms with Crippen LogP contribution < -0.4 is 11.1 Å². The summed E-state index contributed by atoms with van der Waals surface area (Å²) in [4.78, 5) is 7.10. The van der Waals surface area contributed by atoms with Crippen LogP contribution in [0.1, 0.15) is 38.2 Å². The topological polar surface area (TPSA) is 133 Å². The van der Waals surface area contributed by atoms with E-state index in [9.17, 15) is 10.4 Å². The molecule has 4 N–H and O–H groups in total. The molecule has 0 amide bonds. The minimum Gasteiger partial charge on any atom is -0.508 e. The van der Waals surface area contributed by atoms with Gasteiger partial charge in [0.25, 0.3) is 0 Å². The van der Waals surface area contributed by atoms with Crippen LogP contribution in [0, 0.1) is 11.3 Å². The molecule has 2 aliphatic heterocycles. The summed E-state index contributed by atoms with van der Waals surface area (Å²) in [6.45, 7) is 2.21. The van der Waals surface area contributed by atoms with Gasteiger partial charge in [-0.3, -0.25) is 9.58 Å². The molecule has 5 atom stereocenters. The molecule has 2 aliphatic rings. The summed E-state index contributed by atoms with van der Waals surface area (Å²) < 4.78 is 3.62. The average Bonchev–Trinajstić information content (AvgIpc) is 3.23. The van der Waals surface area contributed by atoms with Crippen LogP contribution in [-0.4, -0.2) is 59.4 Å². The summed E-state index contributed by atoms with van der Waals surface area (Å²) in [5, 5.41) is 32.1. The van der Waals surface area contributed by atoms with Crippen LogP contribution in [0.5, 0.6) is 5.75 Å². The first-order valence-corrected chi connectivity index (χ1v) is 13.5. The fourth-order valence-corrected chi connectivity index (χ4v) is 6.17. The normalized spacial score (nSPS) is 24.4. The molecule has 200 valence electrons. The number of aromatic hydroxyl groups is 1. The van der Waals surface area contributed by atoms with Gasteiger partial charge in [0.15, 0.2) is 0 Å². The van der Waals surface area contributed by atoms with Gasteiger partial charge >= 0.3 is 0 Å². The van der Waals surface area contributed by atoms with Crippen molar-refractivity contribution in [2.45, 2.75) is 56.8 Å². The van der Waals surface area contributed by atoms with Gasteiger partial charge < -0.3 is 16.2 Å². The third kappa shape index (κ3) is 4.68. The molecule has 10 nitrogen and oxygen atoms in total. The van der Waals surface area contributed by atoms with Gasteiger partial charge in [-0.2, -0.15) is 15.5 Å². The number of phenols is 1. The maximum Gasteiger partial charge on any atom is 0.135 e. The van der Waals surface area contributed by atoms with Crippen molar-refractivity contribution < 1.29 is 5.11 Å². The lowest BCUT2D eigenvalue weighted by Crippen LogP contribution is -2.37. The van der Waals surface area contributed by atoms with Gasteiger partial charge in [-0.05, 0) is 37.5 Å². The smallest absolute Gasteiger partial charge is 0.135 e. The van der Waals surface area contributed by atoms with Crippen molar-refractivity contribution in [3.05, 3.63) is 59.6 Å². The van der Waals surface area contributed by atoms with Crippen molar-refractivity contribution in [2.24, 2.45) is 17.8 Å². The number of piperidine rings is 1. The number of hydrogen-bond donors (Lipinski definition) is 3. The maximum atomic E-state index is 9.74. The number of aromatic nitrogens is 4. The van der Waals surface area contributed by atoms with Crippen LogP contribution in [0.4, 0.5) is 11.4 Å². The molecular weight excluding hydrogens is 514 g/mol. The number of nitriles is 1. The molecule has 5 unspecified atom stereocenters. The zero-order valence-electron chi connectivity index (χ0n) is 21.8. The Morgan fingerprint density at radius 2 is 2.08 bits per heavy atom. The highest BCUT2D eigenvalue weighted by Crippen LogP contribution is 2.44. The van der Waals surface area contributed by atoms with Gasteiger partial charge in [-0.25, -0.2) is 9.51 Å². The second kappa shape index (κ2) is 9.91. The first kappa shape index (κ1) is 25.2. The predicted octanol–water partition coefficient (Wildman–Crippen LogP) is 4.45. The Hall–Kier alpha value is -4.07. The first-order valence-electron chi connectivity index (χ1n) is 13.1. The number of aliphatic imine (C=N–C) groups is 1. The largest absolute Gasteiger partial charge is 0.508 e. The van der Waals surface area contributed by atoms with Crippen LogP contribution in [-0.2, 0) is 7.05 Å². The molecule has 5 heterocycles. The van der Waals surface area contributed by atoms with E-state index in [-0.39, 0.29) is 17.6 Å². The van der Waals surface area contributed by atoms with Gasteiger partial charge in [0.1, 0.15) is 11.6 Å². The summed E-state index contributed by atoms with van der Waals surface area (Å²) in [6.07, 6.45) is 11.0. The van der Waals surface area contributed by atoms with E-state index in [1.54, 1.807) is 16.9 Å². The van der Waals surface area contributed by atoms with Crippen LogP contribution in [0.25, 0.3) is 16.6 Å². The number of halogens is 1. The van der Waals surface area contributed by atoms with Gasteiger partial charge in [0.2, 0.25) is 0 Å². The standard InChI is InChI=1S/C28H30ClN9O/c1-3-19-9-18(10-25-24(6-7-30)38(19)25)34-27-21(28(31)35-23-5-4-20(39)11-22(23)29)13-33-37-15-16(8-26(27)37)17-12-32-36(2)14-17/h4-5,8,11-15,18-19,24-25,34,39H,3,6,9-10H2,1-2H3,(H2,31,35). The highest BCUT2D eigenvalue weighted by Gasteiger charge is 2.54. The lowest BCUT2D eigenvalue weighted by Gasteiger charge is -2.31. The zero-order valence-corrected chi connectivity index (χ0v) is 22.5. The number of phenolic OH excluding ortho intramolecular Hbond substituents is 1. The minimum atomic E-state index is 0.0608. The Kier molecular flexibility index (Phi) is 6.41. The Morgan fingerprint density at radius 1 is 1.23 bits per heavy atom. The summed E-state index contributed by atoms with van der Waals surface area (Å²) >= 11 is 6.32. The summed E-state index contributed by atoms with van der Waals surface area (Å²) in [5.41, 5.74) is 11.4. The van der Waals surface area contributed by atoms with Crippen LogP contribution in [0.15, 0.2) is 54.0 Å². The van der Waals surface area contributed by atoms with Gasteiger partial charge in [-0.15, -0.1) is 0 Å². The number of nitrogens with one attached hydrogen (secondary N) is 1. The fourth-order valence-electron chi connectivity index (χ4n) is 5.96. The van der Waals surface area contributed by atoms with Crippen LogP contribution in [0.2, 0.25) is 5.02 Å². The van der Waals surface area contributed by atoms with E-state index in [1.165, 1.54) is 12.1 Å². The van der Waals surface area contributed by atoms with Crippen LogP contribution in [0.3, 0.4) is 0 Å². The zero-order chi connectivity index (χ0) is 27.3. The number of fused-ring (bicyclic) bond motifs is 2. The van der Waals surface area contributed by atoms with Gasteiger partial charge in [-0.1, -0.05) is 18.5 Å². The molecule has 11 heteroatoms. The Balaban J connectivity index is 1.41. The SMILES string of the molecule is CCC1CC(Nc2c(C(N)=Nc3ccc(O)cc3Cl)cnn3cc(-c4cnn(C)c4)cc23)CC2C(CC#N)N12. The number of amidine groups is 1. The van der Waals surface area contributed by atoms with Crippen molar-refractivity contribution in [1.29, 1.82) is 5.26 Å². The van der Waals surface area contributed by atoms with Crippen LogP contribution >= 0.6 is 11.6 Å². The number of nitrogens with zero attached hydrogens (tertiary/aromatic N) is 7. The molecule has 3 aromatic heterocycles. The summed E-state index contributed by atoms with van der Waals surface area (Å²) in [6, 6.07) is 10.4. The number of aryl methyl sites for hydroxylation is 1. The van der Waals surface area contributed by atoms with Gasteiger partial charge in [0, 0.05) is 60.8 Å². The van der Waals surface area contributed by atoms with Crippen molar-refractivity contribution in [2.75, 3.05) is 5.32 Å². The van der Waals surface area contributed by atoms with E-state index in [4.69, 9.17) is 17.3 Å². The van der Waals surface area contributed by atoms with Crippen molar-refractivity contribution >= 4 is 34.3 Å². The number of rotatable bonds is 7. The van der Waals surface area contributed by atoms with Crippen molar-refractivity contribution in [1.82, 2.24) is 24.3 Å². The van der Waals surface area contributed by atoms with E-state index in [0.717, 1.165) is 41.6 Å². The van der Waals surface area contributed by atoms with Crippen molar-refractivity contribution in [3.8, 4) is 22.9 Å². The number of nitrogens with two attached hydrogens (primary N) is 1. The van der Waals surface area contributed by atoms with E-state index < -0.39 is 0 Å². The lowest BCUT2D eigenvalue weighted by molar-refractivity contribution is 0.264. The third-order valence-electron chi connectivity index (χ3n) is 7.87. The average molecular weight is 544 g/mol. The molecule has 39 heavy (non-hydrogen) atoms. The first-order chi connectivity index (χ1) is 18.9. The molecule has 0 aliphatic carbocycles. The predicted molar refractivity (Wildman–Crippen MR) is 151 cm³/mol. The molecule has 0 bridgehead atoms. The maximum absolute atomic E-state index is 9.74. The Bertz CT molecular complexity index is 1620. The molecule has 4 aromatic rings. The molecular formula is C28H30ClN9O. The molecule has 2 saturated heterocycles. The molecule has 0 saturated carbocycles. The summed E-state index contributed by atoms with van der Waals surface area (Å²) in [7, 11) is 1.89. The lowest BCUT2D eigenvalue weighted by atomic mass is 9.96. The van der Waals surface area contributed by atoms with E-state index in [2.05, 4.69) is 44.5 Å². The van der Waals surface area contributed by atoms with Crippen molar-refractivity contribution in [3.63, 3.8) is 0 Å². The fraction of sp³-hybridized carbons (Fsp3) is 0.357. The second-order valence-electron chi connectivity index (χ2n) is 10.3.